The van der Waals surface area contributed by atoms with Gasteiger partial charge in [0.05, 0.1) is 18.3 Å². The average Bonchev–Trinajstić information content (AvgIpc) is 3.55. The number of tetrazole rings is 1. The third-order valence-electron chi connectivity index (χ3n) is 6.01. The molecule has 5 rings (SSSR count). The molecular formula is C26H24ClN7O. The summed E-state index contributed by atoms with van der Waals surface area (Å²) in [6, 6.07) is 19.4. The van der Waals surface area contributed by atoms with Gasteiger partial charge in [0.15, 0.2) is 0 Å². The molecule has 0 fully saturated rings. The second-order valence-corrected chi connectivity index (χ2v) is 8.68. The third kappa shape index (κ3) is 4.65. The van der Waals surface area contributed by atoms with Crippen molar-refractivity contribution in [2.75, 3.05) is 0 Å². The molecule has 0 aliphatic rings. The van der Waals surface area contributed by atoms with E-state index in [1.54, 1.807) is 15.3 Å². The third-order valence-corrected chi connectivity index (χ3v) is 6.35. The topological polar surface area (TPSA) is 94.3 Å². The zero-order valence-corrected chi connectivity index (χ0v) is 19.9. The van der Waals surface area contributed by atoms with Crippen molar-refractivity contribution in [3.63, 3.8) is 0 Å². The molecule has 8 nitrogen and oxygen atoms in total. The van der Waals surface area contributed by atoms with Gasteiger partial charge in [0.1, 0.15) is 0 Å². The lowest BCUT2D eigenvalue weighted by Gasteiger charge is -2.19. The molecule has 1 unspecified atom stereocenters. The summed E-state index contributed by atoms with van der Waals surface area (Å²) < 4.78 is 3.50. The Morgan fingerprint density at radius 3 is 2.60 bits per heavy atom. The van der Waals surface area contributed by atoms with Crippen LogP contribution >= 0.6 is 11.6 Å². The van der Waals surface area contributed by atoms with Gasteiger partial charge in [-0.1, -0.05) is 67.4 Å². The van der Waals surface area contributed by atoms with Crippen molar-refractivity contribution >= 4 is 11.6 Å². The summed E-state index contributed by atoms with van der Waals surface area (Å²) in [7, 11) is 0. The van der Waals surface area contributed by atoms with Gasteiger partial charge < -0.3 is 0 Å². The molecule has 35 heavy (non-hydrogen) atoms. The van der Waals surface area contributed by atoms with Crippen molar-refractivity contribution in [3.8, 4) is 22.6 Å². The Bertz CT molecular complexity index is 1470. The van der Waals surface area contributed by atoms with Crippen LogP contribution in [0, 0.1) is 0 Å². The molecule has 1 atom stereocenters. The fraction of sp³-hybridized carbons (Fsp3) is 0.192. The van der Waals surface area contributed by atoms with E-state index in [0.29, 0.717) is 17.4 Å². The first-order chi connectivity index (χ1) is 17.2. The zero-order valence-electron chi connectivity index (χ0n) is 19.2. The zero-order chi connectivity index (χ0) is 24.2. The van der Waals surface area contributed by atoms with Crippen LogP contribution in [0.3, 0.4) is 0 Å². The van der Waals surface area contributed by atoms with Gasteiger partial charge in [0, 0.05) is 34.7 Å². The number of imidazole rings is 1. The average molecular weight is 486 g/mol. The number of H-pyrrole nitrogens is 1. The summed E-state index contributed by atoms with van der Waals surface area (Å²) >= 11 is 6.46. The summed E-state index contributed by atoms with van der Waals surface area (Å²) in [5.74, 6) is 0.491. The SMILES string of the molecule is CCCC(c1ccccc1Cl)n1ccn(Cc2ccc(-c3ncccc3-c3nn[nH]n3)cc2)c1=O. The van der Waals surface area contributed by atoms with Crippen molar-refractivity contribution in [1.29, 1.82) is 0 Å². The summed E-state index contributed by atoms with van der Waals surface area (Å²) in [6.45, 7) is 2.58. The van der Waals surface area contributed by atoms with Crippen LogP contribution < -0.4 is 5.69 Å². The lowest BCUT2D eigenvalue weighted by atomic mass is 10.0. The first-order valence-corrected chi connectivity index (χ1v) is 11.8. The van der Waals surface area contributed by atoms with E-state index in [2.05, 4.69) is 32.5 Å². The largest absolute Gasteiger partial charge is 0.329 e. The first kappa shape index (κ1) is 22.7. The lowest BCUT2D eigenvalue weighted by molar-refractivity contribution is 0.509. The highest BCUT2D eigenvalue weighted by Gasteiger charge is 2.19. The van der Waals surface area contributed by atoms with Crippen LogP contribution in [-0.2, 0) is 6.54 Å². The van der Waals surface area contributed by atoms with Crippen LogP contribution in [0.1, 0.15) is 36.9 Å². The minimum absolute atomic E-state index is 0.0587. The number of nitrogens with one attached hydrogen (secondary N) is 1. The van der Waals surface area contributed by atoms with E-state index in [0.717, 1.165) is 40.8 Å². The predicted octanol–water partition coefficient (Wildman–Crippen LogP) is 4.98. The second-order valence-electron chi connectivity index (χ2n) is 8.27. The molecule has 2 aromatic carbocycles. The molecule has 3 aromatic heterocycles. The Kier molecular flexibility index (Phi) is 6.54. The van der Waals surface area contributed by atoms with Crippen LogP contribution in [0.5, 0.6) is 0 Å². The standard InChI is InChI=1S/C26H24ClN7O/c1-2-6-23(20-7-3-4-9-22(20)27)34-16-15-33(26(34)35)17-18-10-12-19(13-11-18)24-21(8-5-14-28-24)25-29-31-32-30-25/h3-5,7-16,23H,2,6,17H2,1H3,(H,29,30,31,32). The molecular weight excluding hydrogens is 462 g/mol. The van der Waals surface area contributed by atoms with Gasteiger partial charge in [0.2, 0.25) is 5.82 Å². The van der Waals surface area contributed by atoms with Gasteiger partial charge in [-0.15, -0.1) is 10.2 Å². The van der Waals surface area contributed by atoms with E-state index in [1.807, 2.05) is 73.1 Å². The van der Waals surface area contributed by atoms with Crippen LogP contribution in [0.4, 0.5) is 0 Å². The molecule has 0 saturated heterocycles. The maximum atomic E-state index is 13.3. The van der Waals surface area contributed by atoms with Crippen molar-refractivity contribution in [2.24, 2.45) is 0 Å². The van der Waals surface area contributed by atoms with E-state index >= 15 is 0 Å². The van der Waals surface area contributed by atoms with Crippen LogP contribution in [0.15, 0.2) is 84.0 Å². The molecule has 9 heteroatoms. The Labute approximate surface area is 207 Å². The van der Waals surface area contributed by atoms with Gasteiger partial charge in [0.25, 0.3) is 0 Å². The number of benzene rings is 2. The summed E-state index contributed by atoms with van der Waals surface area (Å²) in [4.78, 5) is 17.8. The smallest absolute Gasteiger partial charge is 0.295 e. The number of aromatic amines is 1. The van der Waals surface area contributed by atoms with Crippen molar-refractivity contribution in [1.82, 2.24) is 34.7 Å². The van der Waals surface area contributed by atoms with E-state index in [-0.39, 0.29) is 11.7 Å². The molecule has 0 amide bonds. The number of hydrogen-bond donors (Lipinski definition) is 1. The minimum Gasteiger partial charge on any atom is -0.295 e. The molecule has 0 bridgehead atoms. The van der Waals surface area contributed by atoms with Gasteiger partial charge in [-0.3, -0.25) is 14.1 Å². The Morgan fingerprint density at radius 1 is 1.03 bits per heavy atom. The van der Waals surface area contributed by atoms with Gasteiger partial charge >= 0.3 is 5.69 Å². The molecule has 0 spiro atoms. The second kappa shape index (κ2) is 10.1. The predicted molar refractivity (Wildman–Crippen MR) is 135 cm³/mol. The van der Waals surface area contributed by atoms with E-state index in [9.17, 15) is 4.79 Å². The van der Waals surface area contributed by atoms with Crippen molar-refractivity contribution < 1.29 is 0 Å². The fourth-order valence-electron chi connectivity index (χ4n) is 4.31. The molecule has 0 saturated carbocycles. The maximum Gasteiger partial charge on any atom is 0.329 e. The highest BCUT2D eigenvalue weighted by molar-refractivity contribution is 6.31. The van der Waals surface area contributed by atoms with Crippen LogP contribution in [-0.4, -0.2) is 34.7 Å². The molecule has 176 valence electrons. The number of aromatic nitrogens is 7. The van der Waals surface area contributed by atoms with Gasteiger partial charge in [-0.2, -0.15) is 5.21 Å². The van der Waals surface area contributed by atoms with Gasteiger partial charge in [-0.05, 0) is 41.0 Å². The molecule has 3 heterocycles. The van der Waals surface area contributed by atoms with Crippen molar-refractivity contribution in [2.45, 2.75) is 32.4 Å². The quantitative estimate of drug-likeness (QED) is 0.334. The summed E-state index contributed by atoms with van der Waals surface area (Å²) in [5, 5.41) is 15.0. The molecule has 0 aliphatic carbocycles. The summed E-state index contributed by atoms with van der Waals surface area (Å²) in [5.41, 5.74) is 4.41. The number of hydrogen-bond acceptors (Lipinski definition) is 5. The molecule has 0 radical (unpaired) electrons. The fourth-order valence-corrected chi connectivity index (χ4v) is 4.57. The number of rotatable bonds is 8. The highest BCUT2D eigenvalue weighted by atomic mass is 35.5. The van der Waals surface area contributed by atoms with Gasteiger partial charge in [-0.25, -0.2) is 4.79 Å². The van der Waals surface area contributed by atoms with E-state index in [4.69, 9.17) is 11.6 Å². The maximum absolute atomic E-state index is 13.3. The lowest BCUT2D eigenvalue weighted by Crippen LogP contribution is -2.28. The summed E-state index contributed by atoms with van der Waals surface area (Å²) in [6.07, 6.45) is 7.19. The highest BCUT2D eigenvalue weighted by Crippen LogP contribution is 2.29. The molecule has 1 N–H and O–H groups in total. The molecule has 5 aromatic rings. The number of halogens is 1. The first-order valence-electron chi connectivity index (χ1n) is 11.5. The Morgan fingerprint density at radius 2 is 1.86 bits per heavy atom. The minimum atomic E-state index is -0.0995. The Balaban J connectivity index is 1.40. The van der Waals surface area contributed by atoms with E-state index in [1.165, 1.54) is 0 Å². The van der Waals surface area contributed by atoms with E-state index < -0.39 is 0 Å². The van der Waals surface area contributed by atoms with Crippen LogP contribution in [0.25, 0.3) is 22.6 Å². The van der Waals surface area contributed by atoms with Crippen LogP contribution in [0.2, 0.25) is 5.02 Å². The molecule has 0 aliphatic heterocycles. The number of pyridine rings is 1. The normalized spacial score (nSPS) is 12.1. The van der Waals surface area contributed by atoms with Crippen molar-refractivity contribution in [3.05, 3.63) is 106 Å². The number of nitrogens with zero attached hydrogens (tertiary/aromatic N) is 6. The monoisotopic (exact) mass is 485 g/mol. The Hall–Kier alpha value is -4.04.